The Balaban J connectivity index is 1.78. The molecule has 2 aromatic heterocycles. The van der Waals surface area contributed by atoms with Crippen LogP contribution in [0.15, 0.2) is 24.3 Å². The summed E-state index contributed by atoms with van der Waals surface area (Å²) in [4.78, 5) is 7.00. The topological polar surface area (TPSA) is 89.3 Å². The van der Waals surface area contributed by atoms with Crippen LogP contribution >= 0.6 is 0 Å². The van der Waals surface area contributed by atoms with E-state index in [1.54, 1.807) is 14.2 Å². The first kappa shape index (κ1) is 21.4. The van der Waals surface area contributed by atoms with Gasteiger partial charge in [-0.3, -0.25) is 0 Å². The summed E-state index contributed by atoms with van der Waals surface area (Å²) in [5, 5.41) is 4.73. The predicted octanol–water partition coefficient (Wildman–Crippen LogP) is 2.11. The minimum Gasteiger partial charge on any atom is -0.493 e. The Bertz CT molecular complexity index is 1230. The SMILES string of the molecule is COc1ccc(-c2c(C)nc3c(N4CCN(S(C)(=O)=O)CC4)cc(C)nn23)cc1OC. The van der Waals surface area contributed by atoms with Crippen LogP contribution in [0.2, 0.25) is 0 Å². The Hall–Kier alpha value is -2.85. The summed E-state index contributed by atoms with van der Waals surface area (Å²) in [7, 11) is 0.0378. The lowest BCUT2D eigenvalue weighted by Crippen LogP contribution is -2.48. The van der Waals surface area contributed by atoms with Crippen molar-refractivity contribution in [2.75, 3.05) is 51.6 Å². The molecule has 1 aliphatic rings. The van der Waals surface area contributed by atoms with Crippen molar-refractivity contribution in [2.24, 2.45) is 0 Å². The van der Waals surface area contributed by atoms with Gasteiger partial charge in [-0.15, -0.1) is 0 Å². The quantitative estimate of drug-likeness (QED) is 0.594. The second-order valence-electron chi connectivity index (χ2n) is 7.67. The van der Waals surface area contributed by atoms with E-state index in [0.717, 1.165) is 34.0 Å². The highest BCUT2D eigenvalue weighted by molar-refractivity contribution is 7.88. The minimum atomic E-state index is -3.18. The molecule has 10 heteroatoms. The summed E-state index contributed by atoms with van der Waals surface area (Å²) in [6.45, 7) is 6.02. The molecule has 1 aromatic carbocycles. The zero-order valence-electron chi connectivity index (χ0n) is 18.4. The number of fused-ring (bicyclic) bond motifs is 1. The monoisotopic (exact) mass is 445 g/mol. The number of aromatic nitrogens is 3. The molecule has 31 heavy (non-hydrogen) atoms. The third-order valence-corrected chi connectivity index (χ3v) is 6.87. The van der Waals surface area contributed by atoms with Crippen molar-refractivity contribution in [3.63, 3.8) is 0 Å². The molecule has 0 saturated carbocycles. The van der Waals surface area contributed by atoms with E-state index in [1.165, 1.54) is 10.6 Å². The molecule has 0 spiro atoms. The Labute approximate surface area is 182 Å². The number of methoxy groups -OCH3 is 2. The van der Waals surface area contributed by atoms with Crippen LogP contribution in [0.4, 0.5) is 5.69 Å². The molecule has 1 aliphatic heterocycles. The summed E-state index contributed by atoms with van der Waals surface area (Å²) in [5.41, 5.74) is 5.22. The van der Waals surface area contributed by atoms with Gasteiger partial charge in [0, 0.05) is 31.7 Å². The van der Waals surface area contributed by atoms with Crippen molar-refractivity contribution in [2.45, 2.75) is 13.8 Å². The van der Waals surface area contributed by atoms with Gasteiger partial charge in [0.2, 0.25) is 10.0 Å². The van der Waals surface area contributed by atoms with E-state index < -0.39 is 10.0 Å². The molecule has 1 saturated heterocycles. The van der Waals surface area contributed by atoms with Gasteiger partial charge in [0.1, 0.15) is 0 Å². The first-order chi connectivity index (χ1) is 14.7. The molecule has 0 amide bonds. The van der Waals surface area contributed by atoms with E-state index >= 15 is 0 Å². The van der Waals surface area contributed by atoms with Crippen LogP contribution < -0.4 is 14.4 Å². The van der Waals surface area contributed by atoms with Gasteiger partial charge in [-0.1, -0.05) is 0 Å². The van der Waals surface area contributed by atoms with Gasteiger partial charge >= 0.3 is 0 Å². The zero-order chi connectivity index (χ0) is 22.3. The minimum absolute atomic E-state index is 0.453. The summed E-state index contributed by atoms with van der Waals surface area (Å²) in [6.07, 6.45) is 1.25. The maximum absolute atomic E-state index is 11.9. The Morgan fingerprint density at radius 3 is 2.26 bits per heavy atom. The maximum atomic E-state index is 11.9. The summed E-state index contributed by atoms with van der Waals surface area (Å²) in [5.74, 6) is 1.30. The number of hydrogen-bond donors (Lipinski definition) is 0. The largest absolute Gasteiger partial charge is 0.493 e. The highest BCUT2D eigenvalue weighted by atomic mass is 32.2. The fraction of sp³-hybridized carbons (Fsp3) is 0.429. The van der Waals surface area contributed by atoms with Crippen LogP contribution in [-0.4, -0.2) is 74.0 Å². The van der Waals surface area contributed by atoms with Crippen molar-refractivity contribution in [1.82, 2.24) is 18.9 Å². The molecular formula is C21H27N5O4S. The molecular weight excluding hydrogens is 418 g/mol. The molecule has 0 aliphatic carbocycles. The number of aryl methyl sites for hydroxylation is 2. The molecule has 0 radical (unpaired) electrons. The van der Waals surface area contributed by atoms with Crippen molar-refractivity contribution in [3.8, 4) is 22.8 Å². The predicted molar refractivity (Wildman–Crippen MR) is 120 cm³/mol. The second kappa shape index (κ2) is 8.01. The van der Waals surface area contributed by atoms with Crippen molar-refractivity contribution < 1.29 is 17.9 Å². The molecule has 0 atom stereocenters. The summed E-state index contributed by atoms with van der Waals surface area (Å²) >= 11 is 0. The molecule has 0 N–H and O–H groups in total. The van der Waals surface area contributed by atoms with E-state index in [2.05, 4.69) is 4.90 Å². The standard InChI is InChI=1S/C21H27N5O4S/c1-14-12-17(24-8-10-25(11-9-24)31(5,27)28)21-22-15(2)20(26(21)23-14)16-6-7-18(29-3)19(13-16)30-4/h6-7,12-13H,8-11H2,1-5H3. The van der Waals surface area contributed by atoms with E-state index in [4.69, 9.17) is 19.6 Å². The summed E-state index contributed by atoms with van der Waals surface area (Å²) in [6, 6.07) is 7.76. The Morgan fingerprint density at radius 1 is 0.968 bits per heavy atom. The number of benzene rings is 1. The van der Waals surface area contributed by atoms with E-state index in [-0.39, 0.29) is 0 Å². The van der Waals surface area contributed by atoms with E-state index in [9.17, 15) is 8.42 Å². The lowest BCUT2D eigenvalue weighted by atomic mass is 10.1. The molecule has 0 unspecified atom stereocenters. The van der Waals surface area contributed by atoms with Gasteiger partial charge in [-0.05, 0) is 38.1 Å². The van der Waals surface area contributed by atoms with Gasteiger partial charge in [0.25, 0.3) is 0 Å². The second-order valence-corrected chi connectivity index (χ2v) is 9.65. The highest BCUT2D eigenvalue weighted by Gasteiger charge is 2.26. The average Bonchev–Trinajstić information content (AvgIpc) is 3.07. The number of nitrogens with zero attached hydrogens (tertiary/aromatic N) is 5. The number of piperazine rings is 1. The molecule has 3 heterocycles. The van der Waals surface area contributed by atoms with Crippen LogP contribution in [0, 0.1) is 13.8 Å². The lowest BCUT2D eigenvalue weighted by Gasteiger charge is -2.34. The number of imidazole rings is 1. The van der Waals surface area contributed by atoms with Gasteiger partial charge in [0.05, 0.1) is 43.2 Å². The number of hydrogen-bond acceptors (Lipinski definition) is 7. The Kier molecular flexibility index (Phi) is 5.52. The number of anilines is 1. The number of rotatable bonds is 5. The van der Waals surface area contributed by atoms with Crippen LogP contribution in [0.25, 0.3) is 16.9 Å². The van der Waals surface area contributed by atoms with Crippen LogP contribution in [-0.2, 0) is 10.0 Å². The van der Waals surface area contributed by atoms with Gasteiger partial charge in [-0.2, -0.15) is 9.40 Å². The third kappa shape index (κ3) is 3.92. The number of sulfonamides is 1. The van der Waals surface area contributed by atoms with Gasteiger partial charge in [0.15, 0.2) is 17.1 Å². The van der Waals surface area contributed by atoms with Crippen molar-refractivity contribution in [3.05, 3.63) is 35.7 Å². The zero-order valence-corrected chi connectivity index (χ0v) is 19.2. The van der Waals surface area contributed by atoms with Gasteiger partial charge < -0.3 is 14.4 Å². The first-order valence-electron chi connectivity index (χ1n) is 10.0. The van der Waals surface area contributed by atoms with Crippen molar-refractivity contribution in [1.29, 1.82) is 0 Å². The lowest BCUT2D eigenvalue weighted by molar-refractivity contribution is 0.355. The molecule has 1 fully saturated rings. The average molecular weight is 446 g/mol. The van der Waals surface area contributed by atoms with Crippen LogP contribution in [0.1, 0.15) is 11.4 Å². The normalized spacial score (nSPS) is 15.5. The fourth-order valence-corrected chi connectivity index (χ4v) is 4.87. The smallest absolute Gasteiger partial charge is 0.211 e. The molecule has 4 rings (SSSR count). The van der Waals surface area contributed by atoms with E-state index in [0.29, 0.717) is 37.7 Å². The molecule has 9 nitrogen and oxygen atoms in total. The highest BCUT2D eigenvalue weighted by Crippen LogP contribution is 2.35. The van der Waals surface area contributed by atoms with Crippen LogP contribution in [0.5, 0.6) is 11.5 Å². The number of ether oxygens (including phenoxy) is 2. The summed E-state index contributed by atoms with van der Waals surface area (Å²) < 4.78 is 37.9. The third-order valence-electron chi connectivity index (χ3n) is 5.57. The first-order valence-corrected chi connectivity index (χ1v) is 11.9. The fourth-order valence-electron chi connectivity index (χ4n) is 4.04. The van der Waals surface area contributed by atoms with Gasteiger partial charge in [-0.25, -0.2) is 17.9 Å². The van der Waals surface area contributed by atoms with Crippen LogP contribution in [0.3, 0.4) is 0 Å². The Morgan fingerprint density at radius 2 is 1.65 bits per heavy atom. The molecule has 3 aromatic rings. The van der Waals surface area contributed by atoms with Crippen molar-refractivity contribution >= 4 is 21.4 Å². The maximum Gasteiger partial charge on any atom is 0.211 e. The molecule has 0 bridgehead atoms. The van der Waals surface area contributed by atoms with E-state index in [1.807, 2.05) is 42.6 Å². The molecule has 166 valence electrons.